The Morgan fingerprint density at radius 2 is 1.43 bits per heavy atom. The highest BCUT2D eigenvalue weighted by molar-refractivity contribution is 5.96. The maximum atomic E-state index is 13.5. The molecule has 0 bridgehead atoms. The van der Waals surface area contributed by atoms with E-state index in [-0.39, 0.29) is 25.2 Å². The fourth-order valence-corrected chi connectivity index (χ4v) is 5.63. The van der Waals surface area contributed by atoms with Crippen molar-refractivity contribution in [1.29, 1.82) is 0 Å². The summed E-state index contributed by atoms with van der Waals surface area (Å²) in [6.45, 7) is 2.95. The summed E-state index contributed by atoms with van der Waals surface area (Å²) in [4.78, 5) is 98.1. The summed E-state index contributed by atoms with van der Waals surface area (Å²) < 4.78 is 0. The maximum Gasteiger partial charge on any atom is 0.326 e. The molecule has 2 aromatic heterocycles. The number of hydrogen-bond donors (Lipinski definition) is 9. The molecule has 0 saturated carbocycles. The number of carboxylic acid groups (broad SMARTS) is 2. The number of carboxylic acids is 2. The summed E-state index contributed by atoms with van der Waals surface area (Å²) in [5.41, 5.74) is 1.83. The van der Waals surface area contributed by atoms with Crippen molar-refractivity contribution in [3.05, 3.63) is 54.2 Å². The topological polar surface area (TPSA) is 265 Å². The number of benzene rings is 1. The molecule has 0 aliphatic rings. The van der Waals surface area contributed by atoms with Crippen LogP contribution in [-0.2, 0) is 46.4 Å². The summed E-state index contributed by atoms with van der Waals surface area (Å²) in [5, 5.41) is 32.2. The van der Waals surface area contributed by atoms with E-state index in [1.165, 1.54) is 25.9 Å². The van der Waals surface area contributed by atoms with Crippen molar-refractivity contribution < 1.29 is 43.8 Å². The van der Waals surface area contributed by atoms with Gasteiger partial charge >= 0.3 is 11.9 Å². The first kappa shape index (κ1) is 41.7. The highest BCUT2D eigenvalue weighted by Gasteiger charge is 2.31. The average Bonchev–Trinajstić information content (AvgIpc) is 3.79. The number of rotatable bonds is 24. The predicted molar refractivity (Wildman–Crippen MR) is 193 cm³/mol. The quantitative estimate of drug-likeness (QED) is 0.0597. The normalized spacial score (nSPS) is 13.2. The van der Waals surface area contributed by atoms with Crippen molar-refractivity contribution in [3.8, 4) is 0 Å². The zero-order valence-electron chi connectivity index (χ0n) is 30.0. The van der Waals surface area contributed by atoms with Gasteiger partial charge in [0.15, 0.2) is 0 Å². The number of fused-ring (bicyclic) bond motifs is 1. The molecule has 0 saturated heterocycles. The van der Waals surface area contributed by atoms with E-state index in [1.54, 1.807) is 12.3 Å². The molecule has 0 spiro atoms. The van der Waals surface area contributed by atoms with E-state index in [4.69, 9.17) is 0 Å². The summed E-state index contributed by atoms with van der Waals surface area (Å²) >= 11 is 0. The first-order valence-corrected chi connectivity index (χ1v) is 17.8. The van der Waals surface area contributed by atoms with Gasteiger partial charge in [-0.05, 0) is 25.0 Å². The van der Waals surface area contributed by atoms with E-state index in [1.807, 2.05) is 18.2 Å². The Bertz CT molecular complexity index is 1690. The molecule has 0 fully saturated rings. The molecule has 288 valence electrons. The van der Waals surface area contributed by atoms with Crippen molar-refractivity contribution in [1.82, 2.24) is 41.5 Å². The molecule has 4 atom stereocenters. The number of H-pyrrole nitrogens is 2. The fourth-order valence-electron chi connectivity index (χ4n) is 5.63. The van der Waals surface area contributed by atoms with Crippen molar-refractivity contribution in [3.63, 3.8) is 0 Å². The maximum absolute atomic E-state index is 13.5. The predicted octanol–water partition coefficient (Wildman–Crippen LogP) is 1.45. The number of nitrogens with one attached hydrogen (secondary N) is 7. The first-order valence-electron chi connectivity index (χ1n) is 17.8. The largest absolute Gasteiger partial charge is 0.481 e. The van der Waals surface area contributed by atoms with Gasteiger partial charge in [-0.25, -0.2) is 9.78 Å². The molecule has 9 N–H and O–H groups in total. The van der Waals surface area contributed by atoms with Crippen LogP contribution in [0.5, 0.6) is 0 Å². The Hall–Kier alpha value is -5.74. The van der Waals surface area contributed by atoms with E-state index in [0.29, 0.717) is 17.7 Å². The first-order chi connectivity index (χ1) is 25.4. The molecule has 3 rings (SSSR count). The lowest BCUT2D eigenvalue weighted by Crippen LogP contribution is -2.58. The van der Waals surface area contributed by atoms with Gasteiger partial charge in [0.25, 0.3) is 0 Å². The Morgan fingerprint density at radius 1 is 0.755 bits per heavy atom. The van der Waals surface area contributed by atoms with Crippen LogP contribution in [0.4, 0.5) is 0 Å². The van der Waals surface area contributed by atoms with Gasteiger partial charge in [-0.1, -0.05) is 63.6 Å². The third-order valence-corrected chi connectivity index (χ3v) is 8.55. The van der Waals surface area contributed by atoms with Crippen LogP contribution < -0.4 is 26.6 Å². The number of aromatic nitrogens is 3. The minimum atomic E-state index is -1.58. The standard InChI is InChI=1S/C36H50N8O9/c1-3-4-5-6-7-8-9-14-30(45)39-20-31(46)42-28(17-32(47)48)34(50)41-22(2)33(49)43-27(16-24-19-37-21-40-24)35(51)44-29(36(52)53)15-23-18-38-26-13-11-10-12-25(23)26/h10-13,18-19,21-22,27-29,38H,3-9,14-17,20H2,1-2H3,(H,37,40)(H,39,45)(H,41,50)(H,42,46)(H,43,49)(H,44,51)(H,47,48)(H,52,53)/t22-,27-,28-,29-/m0/s1. The monoisotopic (exact) mass is 738 g/mol. The number of carbonyl (C=O) groups excluding carboxylic acids is 5. The average molecular weight is 739 g/mol. The van der Waals surface area contributed by atoms with Crippen LogP contribution in [0.25, 0.3) is 10.9 Å². The third kappa shape index (κ3) is 14.4. The summed E-state index contributed by atoms with van der Waals surface area (Å²) in [6.07, 6.45) is 10.9. The van der Waals surface area contributed by atoms with Gasteiger partial charge in [-0.15, -0.1) is 0 Å². The molecule has 0 unspecified atom stereocenters. The molecule has 0 aliphatic carbocycles. The molecular weight excluding hydrogens is 688 g/mol. The summed E-state index contributed by atoms with van der Waals surface area (Å²) in [5.74, 6) is -6.51. The molecule has 17 heteroatoms. The Balaban J connectivity index is 1.57. The number of unbranched alkanes of at least 4 members (excludes halogenated alkanes) is 6. The number of imidazole rings is 1. The van der Waals surface area contributed by atoms with Crippen LogP contribution in [0.2, 0.25) is 0 Å². The number of para-hydroxylation sites is 1. The molecule has 53 heavy (non-hydrogen) atoms. The Kier molecular flexibility index (Phi) is 17.0. The van der Waals surface area contributed by atoms with Gasteiger partial charge in [-0.2, -0.15) is 0 Å². The van der Waals surface area contributed by atoms with Crippen molar-refractivity contribution in [2.75, 3.05) is 6.54 Å². The van der Waals surface area contributed by atoms with Gasteiger partial charge in [0, 0.05) is 42.6 Å². The molecule has 5 amide bonds. The van der Waals surface area contributed by atoms with Gasteiger partial charge in [0.1, 0.15) is 24.2 Å². The number of aliphatic carboxylic acids is 2. The summed E-state index contributed by atoms with van der Waals surface area (Å²) in [7, 11) is 0. The van der Waals surface area contributed by atoms with Crippen molar-refractivity contribution in [2.45, 2.75) is 109 Å². The van der Waals surface area contributed by atoms with Gasteiger partial charge < -0.3 is 46.8 Å². The second kappa shape index (κ2) is 21.6. The lowest BCUT2D eigenvalue weighted by atomic mass is 10.0. The number of hydrogen-bond acceptors (Lipinski definition) is 8. The highest BCUT2D eigenvalue weighted by Crippen LogP contribution is 2.19. The highest BCUT2D eigenvalue weighted by atomic mass is 16.4. The molecule has 3 aromatic rings. The lowest BCUT2D eigenvalue weighted by molar-refractivity contribution is -0.142. The minimum Gasteiger partial charge on any atom is -0.481 e. The van der Waals surface area contributed by atoms with Crippen LogP contribution >= 0.6 is 0 Å². The number of carbonyl (C=O) groups is 7. The van der Waals surface area contributed by atoms with E-state index < -0.39 is 72.7 Å². The number of nitrogens with zero attached hydrogens (tertiary/aromatic N) is 1. The van der Waals surface area contributed by atoms with Gasteiger partial charge in [0.2, 0.25) is 29.5 Å². The Labute approximate surface area is 306 Å². The minimum absolute atomic E-state index is 0.0554. The number of aromatic amines is 2. The Morgan fingerprint density at radius 3 is 2.11 bits per heavy atom. The third-order valence-electron chi connectivity index (χ3n) is 8.55. The van der Waals surface area contributed by atoms with Crippen LogP contribution in [0.1, 0.15) is 82.9 Å². The van der Waals surface area contributed by atoms with Crippen LogP contribution in [0, 0.1) is 0 Å². The number of amides is 5. The van der Waals surface area contributed by atoms with E-state index in [0.717, 1.165) is 43.0 Å². The van der Waals surface area contributed by atoms with Crippen molar-refractivity contribution in [2.24, 2.45) is 0 Å². The zero-order valence-corrected chi connectivity index (χ0v) is 30.0. The van der Waals surface area contributed by atoms with E-state index in [9.17, 15) is 43.8 Å². The smallest absolute Gasteiger partial charge is 0.326 e. The van der Waals surface area contributed by atoms with E-state index in [2.05, 4.69) is 48.5 Å². The second-order valence-electron chi connectivity index (χ2n) is 12.9. The van der Waals surface area contributed by atoms with Crippen molar-refractivity contribution >= 4 is 52.4 Å². The summed E-state index contributed by atoms with van der Waals surface area (Å²) in [6, 6.07) is 1.69. The van der Waals surface area contributed by atoms with Crippen LogP contribution in [-0.4, -0.2) is 97.4 Å². The fraction of sp³-hybridized carbons (Fsp3) is 0.500. The van der Waals surface area contributed by atoms with Crippen LogP contribution in [0.15, 0.2) is 43.0 Å². The molecule has 2 heterocycles. The second-order valence-corrected chi connectivity index (χ2v) is 12.9. The van der Waals surface area contributed by atoms with Gasteiger partial charge in [0.05, 0.1) is 25.0 Å². The molecule has 1 aromatic carbocycles. The molecule has 17 nitrogen and oxygen atoms in total. The molecule has 0 radical (unpaired) electrons. The molecule has 0 aliphatic heterocycles. The zero-order chi connectivity index (χ0) is 38.8. The lowest BCUT2D eigenvalue weighted by Gasteiger charge is -2.24. The van der Waals surface area contributed by atoms with Gasteiger partial charge in [-0.3, -0.25) is 28.8 Å². The molecular formula is C36H50N8O9. The van der Waals surface area contributed by atoms with Crippen LogP contribution in [0.3, 0.4) is 0 Å². The SMILES string of the molecule is CCCCCCCCCC(=O)NCC(=O)N[C@@H](CC(=O)O)C(=O)N[C@@H](C)C(=O)N[C@@H](Cc1c[nH]cn1)C(=O)N[C@@H](Cc1c[nH]c2ccccc12)C(=O)O. The van der Waals surface area contributed by atoms with E-state index >= 15 is 0 Å².